The van der Waals surface area contributed by atoms with Gasteiger partial charge >= 0.3 is 0 Å². The van der Waals surface area contributed by atoms with Gasteiger partial charge in [0.1, 0.15) is 11.5 Å². The Labute approximate surface area is 109 Å². The molecule has 0 spiro atoms. The van der Waals surface area contributed by atoms with Crippen LogP contribution in [0.3, 0.4) is 0 Å². The van der Waals surface area contributed by atoms with Crippen molar-refractivity contribution in [3.63, 3.8) is 0 Å². The molecule has 0 fully saturated rings. The smallest absolute Gasteiger partial charge is 0.122 e. The van der Waals surface area contributed by atoms with E-state index in [-0.39, 0.29) is 5.54 Å². The highest BCUT2D eigenvalue weighted by atomic mass is 16.5. The molecule has 0 aliphatic carbocycles. The molecular weight excluding hydrogens is 228 g/mol. The summed E-state index contributed by atoms with van der Waals surface area (Å²) in [6, 6.07) is 5.85. The van der Waals surface area contributed by atoms with Gasteiger partial charge in [-0.2, -0.15) is 0 Å². The number of benzene rings is 1. The highest BCUT2D eigenvalue weighted by Gasteiger charge is 2.14. The van der Waals surface area contributed by atoms with E-state index in [0.717, 1.165) is 30.0 Å². The van der Waals surface area contributed by atoms with Crippen molar-refractivity contribution in [3.05, 3.63) is 23.8 Å². The second-order valence-corrected chi connectivity index (χ2v) is 4.94. The summed E-state index contributed by atoms with van der Waals surface area (Å²) in [5, 5.41) is 3.42. The van der Waals surface area contributed by atoms with Crippen LogP contribution in [0.1, 0.15) is 19.4 Å². The maximum atomic E-state index is 5.68. The number of hydrogen-bond donors (Lipinski definition) is 2. The Morgan fingerprint density at radius 2 is 1.94 bits per heavy atom. The molecule has 0 aromatic heterocycles. The fraction of sp³-hybridized carbons (Fsp3) is 0.571. The molecule has 0 amide bonds. The van der Waals surface area contributed by atoms with Crippen molar-refractivity contribution in [2.24, 2.45) is 5.73 Å². The first kappa shape index (κ1) is 14.8. The average molecular weight is 252 g/mol. The van der Waals surface area contributed by atoms with Crippen LogP contribution in [0.15, 0.2) is 18.2 Å². The van der Waals surface area contributed by atoms with Crippen molar-refractivity contribution < 1.29 is 9.47 Å². The predicted octanol–water partition coefficient (Wildman–Crippen LogP) is 1.57. The lowest BCUT2D eigenvalue weighted by molar-refractivity contribution is 0.387. The zero-order valence-electron chi connectivity index (χ0n) is 11.7. The van der Waals surface area contributed by atoms with Gasteiger partial charge < -0.3 is 20.5 Å². The normalized spacial score (nSPS) is 11.4. The zero-order chi connectivity index (χ0) is 13.6. The van der Waals surface area contributed by atoms with Crippen molar-refractivity contribution in [1.82, 2.24) is 5.32 Å². The molecule has 0 aliphatic heterocycles. The summed E-state index contributed by atoms with van der Waals surface area (Å²) in [6.07, 6.45) is 0.879. The summed E-state index contributed by atoms with van der Waals surface area (Å²) in [7, 11) is 3.35. The Hall–Kier alpha value is -1.26. The second kappa shape index (κ2) is 6.61. The van der Waals surface area contributed by atoms with E-state index in [1.54, 1.807) is 14.2 Å². The van der Waals surface area contributed by atoms with Gasteiger partial charge in [-0.15, -0.1) is 0 Å². The molecule has 0 radical (unpaired) electrons. The molecule has 0 bridgehead atoms. The quantitative estimate of drug-likeness (QED) is 0.773. The number of hydrogen-bond acceptors (Lipinski definition) is 4. The molecule has 18 heavy (non-hydrogen) atoms. The third-order valence-corrected chi connectivity index (χ3v) is 3.00. The van der Waals surface area contributed by atoms with Crippen molar-refractivity contribution in [2.45, 2.75) is 25.8 Å². The Morgan fingerprint density at radius 3 is 2.50 bits per heavy atom. The Bertz CT molecular complexity index is 378. The molecule has 4 heteroatoms. The Morgan fingerprint density at radius 1 is 1.22 bits per heavy atom. The molecule has 102 valence electrons. The van der Waals surface area contributed by atoms with Crippen LogP contribution < -0.4 is 20.5 Å². The van der Waals surface area contributed by atoms with Crippen LogP contribution in [0.25, 0.3) is 0 Å². The van der Waals surface area contributed by atoms with E-state index < -0.39 is 0 Å². The first-order valence-corrected chi connectivity index (χ1v) is 6.18. The maximum absolute atomic E-state index is 5.68. The minimum Gasteiger partial charge on any atom is -0.497 e. The van der Waals surface area contributed by atoms with E-state index in [1.807, 2.05) is 18.2 Å². The van der Waals surface area contributed by atoms with Gasteiger partial charge in [-0.05, 0) is 50.6 Å². The van der Waals surface area contributed by atoms with Gasteiger partial charge in [0.2, 0.25) is 0 Å². The summed E-state index contributed by atoms with van der Waals surface area (Å²) < 4.78 is 10.6. The van der Waals surface area contributed by atoms with Gasteiger partial charge in [-0.25, -0.2) is 0 Å². The van der Waals surface area contributed by atoms with Gasteiger partial charge in [0.05, 0.1) is 14.2 Å². The highest BCUT2D eigenvalue weighted by Crippen LogP contribution is 2.24. The molecule has 0 heterocycles. The number of ether oxygens (including phenoxy) is 2. The lowest BCUT2D eigenvalue weighted by Crippen LogP contribution is -2.46. The lowest BCUT2D eigenvalue weighted by atomic mass is 10.0. The first-order valence-electron chi connectivity index (χ1n) is 6.18. The Balaban J connectivity index is 2.65. The van der Waals surface area contributed by atoms with Crippen LogP contribution in [0, 0.1) is 0 Å². The van der Waals surface area contributed by atoms with Crippen molar-refractivity contribution in [3.8, 4) is 11.5 Å². The molecule has 1 rings (SSSR count). The van der Waals surface area contributed by atoms with E-state index in [4.69, 9.17) is 15.2 Å². The number of nitrogens with one attached hydrogen (secondary N) is 1. The van der Waals surface area contributed by atoms with Gasteiger partial charge in [-0.3, -0.25) is 0 Å². The van der Waals surface area contributed by atoms with E-state index in [1.165, 1.54) is 0 Å². The molecule has 1 aromatic rings. The largest absolute Gasteiger partial charge is 0.497 e. The molecule has 0 saturated carbocycles. The lowest BCUT2D eigenvalue weighted by Gasteiger charge is -2.24. The van der Waals surface area contributed by atoms with E-state index in [9.17, 15) is 0 Å². The summed E-state index contributed by atoms with van der Waals surface area (Å²) >= 11 is 0. The summed E-state index contributed by atoms with van der Waals surface area (Å²) in [6.45, 7) is 5.65. The van der Waals surface area contributed by atoms with E-state index >= 15 is 0 Å². The summed E-state index contributed by atoms with van der Waals surface area (Å²) in [5.74, 6) is 1.74. The van der Waals surface area contributed by atoms with Crippen LogP contribution in [-0.4, -0.2) is 32.8 Å². The molecule has 4 nitrogen and oxygen atoms in total. The van der Waals surface area contributed by atoms with Crippen LogP contribution >= 0.6 is 0 Å². The molecule has 1 aromatic carbocycles. The third-order valence-electron chi connectivity index (χ3n) is 3.00. The molecule has 0 atom stereocenters. The second-order valence-electron chi connectivity index (χ2n) is 4.94. The number of nitrogens with two attached hydrogens (primary N) is 1. The summed E-state index contributed by atoms with van der Waals surface area (Å²) in [4.78, 5) is 0. The maximum Gasteiger partial charge on any atom is 0.122 e. The van der Waals surface area contributed by atoms with Gasteiger partial charge in [0, 0.05) is 12.1 Å². The predicted molar refractivity (Wildman–Crippen MR) is 74.4 cm³/mol. The standard InChI is InChI=1S/C14H24N2O2/c1-14(2,10-15)16-8-7-11-9-12(17-3)5-6-13(11)18-4/h5-6,9,16H,7-8,10,15H2,1-4H3. The van der Waals surface area contributed by atoms with Gasteiger partial charge in [-0.1, -0.05) is 0 Å². The molecular formula is C14H24N2O2. The van der Waals surface area contributed by atoms with Crippen molar-refractivity contribution in [1.29, 1.82) is 0 Å². The Kier molecular flexibility index (Phi) is 5.44. The SMILES string of the molecule is COc1ccc(OC)c(CCNC(C)(C)CN)c1. The fourth-order valence-corrected chi connectivity index (χ4v) is 1.69. The van der Waals surface area contributed by atoms with E-state index in [2.05, 4.69) is 19.2 Å². The van der Waals surface area contributed by atoms with Crippen LogP contribution in [-0.2, 0) is 6.42 Å². The first-order chi connectivity index (χ1) is 8.52. The van der Waals surface area contributed by atoms with Crippen molar-refractivity contribution >= 4 is 0 Å². The molecule has 0 unspecified atom stereocenters. The van der Waals surface area contributed by atoms with Gasteiger partial charge in [0.25, 0.3) is 0 Å². The van der Waals surface area contributed by atoms with Crippen LogP contribution in [0.4, 0.5) is 0 Å². The minimum absolute atomic E-state index is 0.0356. The number of methoxy groups -OCH3 is 2. The summed E-state index contributed by atoms with van der Waals surface area (Å²) in [5.41, 5.74) is 6.78. The minimum atomic E-state index is -0.0356. The van der Waals surface area contributed by atoms with Crippen LogP contribution in [0.2, 0.25) is 0 Å². The average Bonchev–Trinajstić information content (AvgIpc) is 2.38. The monoisotopic (exact) mass is 252 g/mol. The molecule has 0 aliphatic rings. The fourth-order valence-electron chi connectivity index (χ4n) is 1.69. The molecule has 3 N–H and O–H groups in total. The van der Waals surface area contributed by atoms with Crippen molar-refractivity contribution in [2.75, 3.05) is 27.3 Å². The third kappa shape index (κ3) is 4.20. The zero-order valence-corrected chi connectivity index (χ0v) is 11.7. The van der Waals surface area contributed by atoms with Gasteiger partial charge in [0.15, 0.2) is 0 Å². The van der Waals surface area contributed by atoms with E-state index in [0.29, 0.717) is 6.54 Å². The topological polar surface area (TPSA) is 56.5 Å². The molecule has 0 saturated heterocycles. The number of rotatable bonds is 7. The van der Waals surface area contributed by atoms with Crippen LogP contribution in [0.5, 0.6) is 11.5 Å². The highest BCUT2D eigenvalue weighted by molar-refractivity contribution is 5.40.